The summed E-state index contributed by atoms with van der Waals surface area (Å²) in [6.07, 6.45) is 6.25. The first-order valence-corrected chi connectivity index (χ1v) is 2.91. The molecule has 1 nitrogen and oxygen atoms in total. The highest BCUT2D eigenvalue weighted by molar-refractivity contribution is 6.21. The van der Waals surface area contributed by atoms with Crippen LogP contribution in [0.15, 0.2) is 23.3 Å². The Morgan fingerprint density at radius 3 is 2.50 bits per heavy atom. The summed E-state index contributed by atoms with van der Waals surface area (Å²) in [5, 5.41) is 0. The summed E-state index contributed by atoms with van der Waals surface area (Å²) < 4.78 is 0. The molecular weight excluding hydrogens is 96.9 g/mol. The average Bonchev–Trinajstić information content (AvgIpc) is 1.77. The maximum Gasteiger partial charge on any atom is 0.133 e. The zero-order chi connectivity index (χ0) is 5.98. The van der Waals surface area contributed by atoms with E-state index in [4.69, 9.17) is 5.73 Å². The molecule has 42 valence electrons. The van der Waals surface area contributed by atoms with Crippen LogP contribution in [0.4, 0.5) is 0 Å². The lowest BCUT2D eigenvalue weighted by molar-refractivity contribution is 0.930. The molecule has 0 aromatic carbocycles. The van der Waals surface area contributed by atoms with Gasteiger partial charge in [0.15, 0.2) is 0 Å². The fourth-order valence-electron chi connectivity index (χ4n) is 0.757. The number of hydrogen-bond acceptors (Lipinski definition) is 1. The van der Waals surface area contributed by atoms with Crippen LogP contribution in [0.5, 0.6) is 0 Å². The summed E-state index contributed by atoms with van der Waals surface area (Å²) in [6, 6.07) is 0. The van der Waals surface area contributed by atoms with Crippen molar-refractivity contribution >= 4 is 7.85 Å². The quantitative estimate of drug-likeness (QED) is 0.438. The van der Waals surface area contributed by atoms with Crippen molar-refractivity contribution in [1.29, 1.82) is 0 Å². The van der Waals surface area contributed by atoms with Crippen LogP contribution in [0.25, 0.3) is 0 Å². The van der Waals surface area contributed by atoms with Crippen molar-refractivity contribution in [2.45, 2.75) is 12.8 Å². The first kappa shape index (κ1) is 5.48. The van der Waals surface area contributed by atoms with Gasteiger partial charge in [-0.3, -0.25) is 0 Å². The van der Waals surface area contributed by atoms with Crippen molar-refractivity contribution in [3.63, 3.8) is 0 Å². The Hall–Kier alpha value is -0.655. The fourth-order valence-corrected chi connectivity index (χ4v) is 0.757. The number of hydrogen-bond donors (Lipinski definition) is 1. The Morgan fingerprint density at radius 2 is 2.12 bits per heavy atom. The van der Waals surface area contributed by atoms with Crippen LogP contribution in [-0.2, 0) is 0 Å². The smallest absolute Gasteiger partial charge is 0.133 e. The molecule has 0 fully saturated rings. The minimum absolute atomic E-state index is 1.01. The Bertz CT molecular complexity index is 129. The molecular formula is C6H10BN. The maximum absolute atomic E-state index is 5.51. The van der Waals surface area contributed by atoms with Gasteiger partial charge in [0.1, 0.15) is 7.85 Å². The molecule has 1 rings (SSSR count). The van der Waals surface area contributed by atoms with Crippen molar-refractivity contribution in [3.05, 3.63) is 23.3 Å². The van der Waals surface area contributed by atoms with Crippen molar-refractivity contribution < 1.29 is 0 Å². The van der Waals surface area contributed by atoms with Gasteiger partial charge < -0.3 is 5.73 Å². The number of allylic oxidation sites excluding steroid dienone is 4. The van der Waals surface area contributed by atoms with E-state index in [2.05, 4.69) is 13.9 Å². The zero-order valence-electron chi connectivity index (χ0n) is 5.15. The molecule has 0 aromatic rings. The molecule has 0 atom stereocenters. The number of nitrogens with two attached hydrogens (primary N) is 1. The molecule has 0 heterocycles. The number of rotatable bonds is 0. The van der Waals surface area contributed by atoms with Crippen LogP contribution in [0.2, 0.25) is 0 Å². The summed E-state index contributed by atoms with van der Waals surface area (Å²) in [6.45, 7) is 0. The third-order valence-corrected chi connectivity index (χ3v) is 1.39. The molecule has 1 aliphatic rings. The van der Waals surface area contributed by atoms with Gasteiger partial charge >= 0.3 is 0 Å². The largest absolute Gasteiger partial charge is 0.402 e. The standard InChI is InChI=1S/C6H10BN/c7-5-1-3-6(8)4-2-5/h1,3H,2,4,7-8H2. The van der Waals surface area contributed by atoms with Crippen LogP contribution >= 0.6 is 0 Å². The highest BCUT2D eigenvalue weighted by atomic mass is 14.6. The highest BCUT2D eigenvalue weighted by Gasteiger charge is 1.96. The lowest BCUT2D eigenvalue weighted by Crippen LogP contribution is -2.00. The summed E-state index contributed by atoms with van der Waals surface area (Å²) in [5.41, 5.74) is 7.95. The van der Waals surface area contributed by atoms with Gasteiger partial charge in [0, 0.05) is 5.70 Å². The second-order valence-corrected chi connectivity index (χ2v) is 2.25. The molecule has 0 aliphatic heterocycles. The predicted octanol–water partition coefficient (Wildman–Crippen LogP) is 0.140. The Labute approximate surface area is 50.7 Å². The third-order valence-electron chi connectivity index (χ3n) is 1.39. The molecule has 0 radical (unpaired) electrons. The van der Waals surface area contributed by atoms with E-state index < -0.39 is 0 Å². The minimum Gasteiger partial charge on any atom is -0.402 e. The van der Waals surface area contributed by atoms with E-state index in [1.54, 1.807) is 0 Å². The summed E-state index contributed by atoms with van der Waals surface area (Å²) in [5.74, 6) is 0. The predicted molar refractivity (Wildman–Crippen MR) is 38.1 cm³/mol. The lowest BCUT2D eigenvalue weighted by Gasteiger charge is -2.05. The van der Waals surface area contributed by atoms with Crippen molar-refractivity contribution in [3.8, 4) is 0 Å². The van der Waals surface area contributed by atoms with Crippen LogP contribution < -0.4 is 5.73 Å². The molecule has 0 unspecified atom stereocenters. The molecule has 1 aliphatic carbocycles. The van der Waals surface area contributed by atoms with E-state index in [-0.39, 0.29) is 0 Å². The SMILES string of the molecule is BC1=CC=C(N)CC1. The van der Waals surface area contributed by atoms with E-state index in [0.29, 0.717) is 0 Å². The Kier molecular flexibility index (Phi) is 1.42. The lowest BCUT2D eigenvalue weighted by atomic mass is 9.87. The molecule has 2 N–H and O–H groups in total. The normalized spacial score (nSPS) is 19.5. The van der Waals surface area contributed by atoms with Gasteiger partial charge in [-0.15, -0.1) is 5.47 Å². The second kappa shape index (κ2) is 2.08. The third kappa shape index (κ3) is 1.16. The Balaban J connectivity index is 2.65. The van der Waals surface area contributed by atoms with E-state index in [0.717, 1.165) is 18.5 Å². The van der Waals surface area contributed by atoms with Crippen LogP contribution in [0, 0.1) is 0 Å². The topological polar surface area (TPSA) is 26.0 Å². The fraction of sp³-hybridized carbons (Fsp3) is 0.333. The average molecular weight is 107 g/mol. The first-order valence-electron chi connectivity index (χ1n) is 2.91. The summed E-state index contributed by atoms with van der Waals surface area (Å²) in [4.78, 5) is 0. The van der Waals surface area contributed by atoms with E-state index >= 15 is 0 Å². The van der Waals surface area contributed by atoms with E-state index in [9.17, 15) is 0 Å². The molecule has 8 heavy (non-hydrogen) atoms. The molecule has 0 aromatic heterocycles. The molecule has 2 heteroatoms. The van der Waals surface area contributed by atoms with E-state index in [1.807, 2.05) is 6.08 Å². The van der Waals surface area contributed by atoms with Crippen LogP contribution in [0.1, 0.15) is 12.8 Å². The van der Waals surface area contributed by atoms with Gasteiger partial charge in [-0.1, -0.05) is 6.08 Å². The van der Waals surface area contributed by atoms with Gasteiger partial charge in [-0.2, -0.15) is 0 Å². The molecule has 0 amide bonds. The summed E-state index contributed by atoms with van der Waals surface area (Å²) >= 11 is 0. The van der Waals surface area contributed by atoms with Gasteiger partial charge in [0.2, 0.25) is 0 Å². The second-order valence-electron chi connectivity index (χ2n) is 2.25. The van der Waals surface area contributed by atoms with Crippen LogP contribution in [0.3, 0.4) is 0 Å². The minimum atomic E-state index is 1.01. The van der Waals surface area contributed by atoms with Gasteiger partial charge in [-0.05, 0) is 18.9 Å². The molecule has 0 saturated carbocycles. The summed E-state index contributed by atoms with van der Waals surface area (Å²) in [7, 11) is 2.13. The zero-order valence-corrected chi connectivity index (χ0v) is 5.15. The van der Waals surface area contributed by atoms with Crippen molar-refractivity contribution in [2.75, 3.05) is 0 Å². The van der Waals surface area contributed by atoms with Crippen LogP contribution in [-0.4, -0.2) is 7.85 Å². The molecule has 0 saturated heterocycles. The first-order chi connectivity index (χ1) is 3.79. The van der Waals surface area contributed by atoms with Gasteiger partial charge in [0.25, 0.3) is 0 Å². The molecule has 0 spiro atoms. The van der Waals surface area contributed by atoms with E-state index in [1.165, 1.54) is 5.47 Å². The Morgan fingerprint density at radius 1 is 1.38 bits per heavy atom. The maximum atomic E-state index is 5.51. The van der Waals surface area contributed by atoms with Crippen molar-refractivity contribution in [2.24, 2.45) is 5.73 Å². The molecule has 0 bridgehead atoms. The van der Waals surface area contributed by atoms with Gasteiger partial charge in [0.05, 0.1) is 0 Å². The monoisotopic (exact) mass is 107 g/mol. The van der Waals surface area contributed by atoms with Crippen molar-refractivity contribution in [1.82, 2.24) is 0 Å². The highest BCUT2D eigenvalue weighted by Crippen LogP contribution is 2.10. The van der Waals surface area contributed by atoms with Gasteiger partial charge in [-0.25, -0.2) is 0 Å².